The summed E-state index contributed by atoms with van der Waals surface area (Å²) in [6, 6.07) is 0. The molecule has 1 aliphatic rings. The third-order valence-corrected chi connectivity index (χ3v) is 2.34. The van der Waals surface area contributed by atoms with Gasteiger partial charge in [-0.3, -0.25) is 0 Å². The number of rotatable bonds is 3. The maximum absolute atomic E-state index is 10.8. The fourth-order valence-corrected chi connectivity index (χ4v) is 1.46. The van der Waals surface area contributed by atoms with Crippen LogP contribution in [0.5, 0.6) is 0 Å². The van der Waals surface area contributed by atoms with Crippen molar-refractivity contribution in [1.29, 1.82) is 0 Å². The Labute approximate surface area is 89.4 Å². The maximum atomic E-state index is 10.8. The van der Waals surface area contributed by atoms with E-state index in [1.807, 2.05) is 19.9 Å². The van der Waals surface area contributed by atoms with Crippen LogP contribution in [0.1, 0.15) is 26.7 Å². The van der Waals surface area contributed by atoms with E-state index in [1.54, 1.807) is 12.2 Å². The summed E-state index contributed by atoms with van der Waals surface area (Å²) in [7, 11) is 0. The Hall–Kier alpha value is -1.35. The van der Waals surface area contributed by atoms with Gasteiger partial charge >= 0.3 is 5.97 Å². The lowest BCUT2D eigenvalue weighted by Crippen LogP contribution is -2.29. The van der Waals surface area contributed by atoms with Crippen molar-refractivity contribution in [3.05, 3.63) is 35.5 Å². The summed E-state index contributed by atoms with van der Waals surface area (Å²) in [6.07, 6.45) is 7.32. The van der Waals surface area contributed by atoms with Crippen LogP contribution >= 0.6 is 0 Å². The van der Waals surface area contributed by atoms with Crippen LogP contribution in [-0.4, -0.2) is 21.8 Å². The van der Waals surface area contributed by atoms with Gasteiger partial charge in [0.1, 0.15) is 0 Å². The molecule has 0 aromatic carbocycles. The molecular formula is C12H16O3. The summed E-state index contributed by atoms with van der Waals surface area (Å²) in [5, 5.41) is 18.9. The van der Waals surface area contributed by atoms with Gasteiger partial charge in [-0.2, -0.15) is 0 Å². The van der Waals surface area contributed by atoms with Gasteiger partial charge in [0.15, 0.2) is 0 Å². The van der Waals surface area contributed by atoms with Gasteiger partial charge in [-0.1, -0.05) is 29.9 Å². The van der Waals surface area contributed by atoms with Crippen LogP contribution in [-0.2, 0) is 4.79 Å². The van der Waals surface area contributed by atoms with E-state index in [1.165, 1.54) is 6.08 Å². The molecule has 82 valence electrons. The largest absolute Gasteiger partial charge is 0.478 e. The second-order valence-corrected chi connectivity index (χ2v) is 4.12. The summed E-state index contributed by atoms with van der Waals surface area (Å²) in [5.74, 6) is -0.963. The zero-order valence-electron chi connectivity index (χ0n) is 9.03. The number of carbonyl (C=O) groups is 1. The highest BCUT2D eigenvalue weighted by molar-refractivity contribution is 5.87. The van der Waals surface area contributed by atoms with E-state index in [9.17, 15) is 9.90 Å². The zero-order chi connectivity index (χ0) is 11.5. The van der Waals surface area contributed by atoms with Crippen molar-refractivity contribution in [3.63, 3.8) is 0 Å². The van der Waals surface area contributed by atoms with E-state index in [0.717, 1.165) is 5.57 Å². The number of hydrogen-bond acceptors (Lipinski definition) is 2. The van der Waals surface area contributed by atoms with Gasteiger partial charge < -0.3 is 10.2 Å². The topological polar surface area (TPSA) is 57.5 Å². The second kappa shape index (κ2) is 4.45. The molecule has 0 heterocycles. The molecule has 0 fully saturated rings. The highest BCUT2D eigenvalue weighted by Gasteiger charge is 2.28. The van der Waals surface area contributed by atoms with Gasteiger partial charge in [-0.25, -0.2) is 4.79 Å². The molecular weight excluding hydrogens is 192 g/mol. The minimum Gasteiger partial charge on any atom is -0.478 e. The van der Waals surface area contributed by atoms with E-state index in [-0.39, 0.29) is 12.0 Å². The van der Waals surface area contributed by atoms with Gasteiger partial charge in [0, 0.05) is 12.0 Å². The molecule has 0 saturated heterocycles. The SMILES string of the molecule is CC(C)=CCC1(O)C=CC=C(C(=O)O)C1. The van der Waals surface area contributed by atoms with Gasteiger partial charge in [0.05, 0.1) is 5.60 Å². The van der Waals surface area contributed by atoms with E-state index in [0.29, 0.717) is 6.42 Å². The Kier molecular flexibility index (Phi) is 3.48. The van der Waals surface area contributed by atoms with Crippen LogP contribution in [0.25, 0.3) is 0 Å². The van der Waals surface area contributed by atoms with Gasteiger partial charge in [-0.05, 0) is 20.3 Å². The lowest BCUT2D eigenvalue weighted by Gasteiger charge is -2.25. The number of hydrogen-bond donors (Lipinski definition) is 2. The van der Waals surface area contributed by atoms with E-state index in [4.69, 9.17) is 5.11 Å². The van der Waals surface area contributed by atoms with Gasteiger partial charge in [-0.15, -0.1) is 0 Å². The predicted molar refractivity (Wildman–Crippen MR) is 58.5 cm³/mol. The molecule has 1 rings (SSSR count). The fraction of sp³-hybridized carbons (Fsp3) is 0.417. The van der Waals surface area contributed by atoms with Crippen molar-refractivity contribution in [2.24, 2.45) is 0 Å². The maximum Gasteiger partial charge on any atom is 0.331 e. The second-order valence-electron chi connectivity index (χ2n) is 4.12. The molecule has 0 aromatic rings. The van der Waals surface area contributed by atoms with E-state index < -0.39 is 11.6 Å². The lowest BCUT2D eigenvalue weighted by atomic mass is 9.86. The first-order valence-corrected chi connectivity index (χ1v) is 4.90. The minimum absolute atomic E-state index is 0.169. The average molecular weight is 208 g/mol. The van der Waals surface area contributed by atoms with Crippen molar-refractivity contribution >= 4 is 5.97 Å². The summed E-state index contributed by atoms with van der Waals surface area (Å²) in [5.41, 5.74) is 0.324. The normalized spacial score (nSPS) is 24.6. The quantitative estimate of drug-likeness (QED) is 0.698. The van der Waals surface area contributed by atoms with Crippen molar-refractivity contribution < 1.29 is 15.0 Å². The van der Waals surface area contributed by atoms with Crippen molar-refractivity contribution in [2.45, 2.75) is 32.3 Å². The Morgan fingerprint density at radius 1 is 1.60 bits per heavy atom. The molecule has 0 aromatic heterocycles. The van der Waals surface area contributed by atoms with E-state index >= 15 is 0 Å². The Morgan fingerprint density at radius 2 is 2.27 bits per heavy atom. The van der Waals surface area contributed by atoms with Crippen LogP contribution < -0.4 is 0 Å². The molecule has 3 heteroatoms. The Bertz CT molecular complexity index is 346. The molecule has 3 nitrogen and oxygen atoms in total. The van der Waals surface area contributed by atoms with Crippen LogP contribution in [0.2, 0.25) is 0 Å². The molecule has 1 unspecified atom stereocenters. The first-order chi connectivity index (χ1) is 6.93. The number of carboxylic acid groups (broad SMARTS) is 1. The number of aliphatic carboxylic acids is 1. The molecule has 2 N–H and O–H groups in total. The Morgan fingerprint density at radius 3 is 2.80 bits per heavy atom. The molecule has 15 heavy (non-hydrogen) atoms. The molecule has 0 amide bonds. The molecule has 0 saturated carbocycles. The van der Waals surface area contributed by atoms with Crippen molar-refractivity contribution in [1.82, 2.24) is 0 Å². The highest BCUT2D eigenvalue weighted by Crippen LogP contribution is 2.27. The lowest BCUT2D eigenvalue weighted by molar-refractivity contribution is -0.133. The van der Waals surface area contributed by atoms with Gasteiger partial charge in [0.25, 0.3) is 0 Å². The minimum atomic E-state index is -1.04. The standard InChI is InChI=1S/C12H16O3/c1-9(2)5-7-12(15)6-3-4-10(8-12)11(13)14/h3-6,15H,7-8H2,1-2H3,(H,13,14). The Balaban J connectivity index is 2.75. The monoisotopic (exact) mass is 208 g/mol. The highest BCUT2D eigenvalue weighted by atomic mass is 16.4. The third-order valence-electron chi connectivity index (χ3n) is 2.34. The van der Waals surface area contributed by atoms with Crippen LogP contribution in [0.4, 0.5) is 0 Å². The van der Waals surface area contributed by atoms with E-state index in [2.05, 4.69) is 0 Å². The molecule has 0 bridgehead atoms. The van der Waals surface area contributed by atoms with Crippen LogP contribution in [0, 0.1) is 0 Å². The number of allylic oxidation sites excluding steroid dienone is 3. The zero-order valence-corrected chi connectivity index (χ0v) is 9.03. The first-order valence-electron chi connectivity index (χ1n) is 4.90. The number of aliphatic hydroxyl groups is 1. The fourth-order valence-electron chi connectivity index (χ4n) is 1.46. The third kappa shape index (κ3) is 3.36. The molecule has 1 atom stereocenters. The molecule has 0 aliphatic heterocycles. The first kappa shape index (κ1) is 11.7. The predicted octanol–water partition coefficient (Wildman–Crippen LogP) is 2.04. The van der Waals surface area contributed by atoms with Gasteiger partial charge in [0.2, 0.25) is 0 Å². The molecule has 1 aliphatic carbocycles. The smallest absolute Gasteiger partial charge is 0.331 e. The summed E-state index contributed by atoms with van der Waals surface area (Å²) in [6.45, 7) is 3.90. The van der Waals surface area contributed by atoms with Crippen molar-refractivity contribution in [2.75, 3.05) is 0 Å². The number of carboxylic acids is 1. The molecule has 0 radical (unpaired) electrons. The average Bonchev–Trinajstić information content (AvgIpc) is 2.15. The summed E-state index contributed by atoms with van der Waals surface area (Å²) in [4.78, 5) is 10.8. The van der Waals surface area contributed by atoms with Crippen LogP contribution in [0.15, 0.2) is 35.5 Å². The summed E-state index contributed by atoms with van der Waals surface area (Å²) < 4.78 is 0. The summed E-state index contributed by atoms with van der Waals surface area (Å²) >= 11 is 0. The van der Waals surface area contributed by atoms with Crippen LogP contribution in [0.3, 0.4) is 0 Å². The molecule has 0 spiro atoms. The van der Waals surface area contributed by atoms with Crippen molar-refractivity contribution in [3.8, 4) is 0 Å².